The van der Waals surface area contributed by atoms with E-state index >= 15 is 0 Å². The number of hydrogen-bond donors (Lipinski definition) is 0. The predicted octanol–water partition coefficient (Wildman–Crippen LogP) is 17.2. The summed E-state index contributed by atoms with van der Waals surface area (Å²) in [7, 11) is 0. The van der Waals surface area contributed by atoms with Crippen molar-refractivity contribution in [1.29, 1.82) is 0 Å². The first-order valence-corrected chi connectivity index (χ1v) is 21.9. The Labute approximate surface area is 356 Å². The van der Waals surface area contributed by atoms with Crippen molar-refractivity contribution in [2.24, 2.45) is 0 Å². The number of allylic oxidation sites excluding steroid dienone is 3. The van der Waals surface area contributed by atoms with Crippen molar-refractivity contribution in [2.45, 2.75) is 6.42 Å². The van der Waals surface area contributed by atoms with Gasteiger partial charge in [-0.3, -0.25) is 0 Å². The second kappa shape index (κ2) is 13.5. The average Bonchev–Trinajstić information content (AvgIpc) is 3.78. The lowest BCUT2D eigenvalue weighted by molar-refractivity contribution is 0.669. The van der Waals surface area contributed by atoms with Gasteiger partial charge in [0, 0.05) is 25.9 Å². The molecule has 1 aliphatic rings. The van der Waals surface area contributed by atoms with E-state index in [-0.39, 0.29) is 0 Å². The molecule has 0 atom stereocenters. The molecule has 0 bridgehead atoms. The molecule has 10 aromatic carbocycles. The molecular formula is C59H36OS. The van der Waals surface area contributed by atoms with Crippen LogP contribution in [0.2, 0.25) is 0 Å². The highest BCUT2D eigenvalue weighted by atomic mass is 32.1. The normalized spacial score (nSPS) is 12.7. The molecule has 1 aliphatic carbocycles. The van der Waals surface area contributed by atoms with Crippen LogP contribution in [0, 0.1) is 0 Å². The largest absolute Gasteiger partial charge is 0.456 e. The van der Waals surface area contributed by atoms with E-state index in [0.717, 1.165) is 33.9 Å². The first-order chi connectivity index (χ1) is 30.3. The molecule has 0 fully saturated rings. The maximum absolute atomic E-state index is 6.90. The lowest BCUT2D eigenvalue weighted by Crippen LogP contribution is -1.91. The molecule has 0 spiro atoms. The Morgan fingerprint density at radius 2 is 0.902 bits per heavy atom. The van der Waals surface area contributed by atoms with Crippen molar-refractivity contribution in [3.05, 3.63) is 211 Å². The first-order valence-electron chi connectivity index (χ1n) is 21.1. The Bertz CT molecular complexity index is 3720. The van der Waals surface area contributed by atoms with E-state index < -0.39 is 0 Å². The average molecular weight is 793 g/mol. The number of rotatable bonds is 4. The zero-order valence-electron chi connectivity index (χ0n) is 33.2. The Morgan fingerprint density at radius 1 is 0.377 bits per heavy atom. The summed E-state index contributed by atoms with van der Waals surface area (Å²) in [6, 6.07) is 66.8. The molecule has 13 rings (SSSR count). The molecule has 12 aromatic rings. The zero-order chi connectivity index (χ0) is 40.0. The van der Waals surface area contributed by atoms with Crippen LogP contribution in [-0.4, -0.2) is 0 Å². The van der Waals surface area contributed by atoms with Gasteiger partial charge in [0.2, 0.25) is 0 Å². The molecule has 61 heavy (non-hydrogen) atoms. The second-order valence-corrected chi connectivity index (χ2v) is 17.2. The third kappa shape index (κ3) is 5.13. The van der Waals surface area contributed by atoms with Crippen LogP contribution in [0.5, 0.6) is 0 Å². The highest BCUT2D eigenvalue weighted by molar-refractivity contribution is 7.20. The van der Waals surface area contributed by atoms with Gasteiger partial charge in [0.05, 0.1) is 0 Å². The van der Waals surface area contributed by atoms with E-state index in [1.165, 1.54) is 103 Å². The van der Waals surface area contributed by atoms with Crippen LogP contribution in [0.15, 0.2) is 205 Å². The van der Waals surface area contributed by atoms with Gasteiger partial charge in [-0.1, -0.05) is 182 Å². The van der Waals surface area contributed by atoms with E-state index in [0.29, 0.717) is 0 Å². The van der Waals surface area contributed by atoms with Gasteiger partial charge in [-0.15, -0.1) is 11.3 Å². The standard InChI is InChI=1S/C59H36OS/c1-3-17-36(18-4-1)54-39-20-7-11-24-43(39)56(44-25-12-8-21-40(44)54)49-29-16-31-51-58(49)48-34-33-37(35-52(48)60-51)55-41-22-9-13-26-45(41)57(46-27-14-10-23-42(46)55)50-30-15-28-47-38-19-5-2-6-32-53(38)61-59(47)50/h1-18,20-35H,19H2. The van der Waals surface area contributed by atoms with Crippen molar-refractivity contribution >= 4 is 92.5 Å². The van der Waals surface area contributed by atoms with Gasteiger partial charge in [-0.05, 0) is 124 Å². The van der Waals surface area contributed by atoms with Crippen molar-refractivity contribution in [3.63, 3.8) is 0 Å². The molecule has 0 aliphatic heterocycles. The van der Waals surface area contributed by atoms with Crippen LogP contribution in [0.3, 0.4) is 0 Å². The van der Waals surface area contributed by atoms with Gasteiger partial charge < -0.3 is 4.42 Å². The van der Waals surface area contributed by atoms with Gasteiger partial charge in [0.15, 0.2) is 0 Å². The molecule has 2 heterocycles. The molecule has 0 radical (unpaired) electrons. The van der Waals surface area contributed by atoms with Gasteiger partial charge in [0.25, 0.3) is 0 Å². The van der Waals surface area contributed by atoms with Crippen LogP contribution in [-0.2, 0) is 6.42 Å². The molecule has 0 amide bonds. The van der Waals surface area contributed by atoms with Gasteiger partial charge in [-0.2, -0.15) is 0 Å². The summed E-state index contributed by atoms with van der Waals surface area (Å²) in [6.07, 6.45) is 9.83. The fourth-order valence-corrected chi connectivity index (χ4v) is 11.7. The van der Waals surface area contributed by atoms with E-state index in [1.54, 1.807) is 0 Å². The van der Waals surface area contributed by atoms with Crippen LogP contribution >= 0.6 is 11.3 Å². The Hall–Kier alpha value is -7.52. The zero-order valence-corrected chi connectivity index (χ0v) is 34.0. The number of thiophene rings is 1. The minimum Gasteiger partial charge on any atom is -0.456 e. The maximum Gasteiger partial charge on any atom is 0.136 e. The monoisotopic (exact) mass is 792 g/mol. The summed E-state index contributed by atoms with van der Waals surface area (Å²) in [5, 5.41) is 13.6. The van der Waals surface area contributed by atoms with E-state index in [2.05, 4.69) is 206 Å². The van der Waals surface area contributed by atoms with Crippen LogP contribution in [0.1, 0.15) is 10.4 Å². The summed E-state index contributed by atoms with van der Waals surface area (Å²) >= 11 is 1.92. The highest BCUT2D eigenvalue weighted by Crippen LogP contribution is 2.50. The number of fused-ring (bicyclic) bond motifs is 10. The fraction of sp³-hybridized carbons (Fsp3) is 0.0169. The number of furan rings is 1. The summed E-state index contributed by atoms with van der Waals surface area (Å²) in [4.78, 5) is 1.35. The van der Waals surface area contributed by atoms with Crippen molar-refractivity contribution in [1.82, 2.24) is 0 Å². The fourth-order valence-electron chi connectivity index (χ4n) is 10.4. The number of benzene rings is 10. The molecule has 2 heteroatoms. The quantitative estimate of drug-likeness (QED) is 0.162. The second-order valence-electron chi connectivity index (χ2n) is 16.2. The third-order valence-corrected chi connectivity index (χ3v) is 14.2. The third-order valence-electron chi connectivity index (χ3n) is 12.9. The summed E-state index contributed by atoms with van der Waals surface area (Å²) in [6.45, 7) is 0. The van der Waals surface area contributed by atoms with Crippen molar-refractivity contribution < 1.29 is 4.42 Å². The minimum atomic E-state index is 0.888. The SMILES string of the molecule is C1=CCc2c(sc3c(-c4c5ccccc5c(-c5ccc6c(c5)oc5cccc(-c7c8ccccc8c(-c8ccccc8)c8ccccc78)c56)c5ccccc45)cccc23)C=C1. The Kier molecular flexibility index (Phi) is 7.61. The van der Waals surface area contributed by atoms with Crippen LogP contribution in [0.4, 0.5) is 0 Å². The molecule has 284 valence electrons. The van der Waals surface area contributed by atoms with Gasteiger partial charge in [0.1, 0.15) is 11.2 Å². The topological polar surface area (TPSA) is 13.1 Å². The smallest absolute Gasteiger partial charge is 0.136 e. The van der Waals surface area contributed by atoms with Crippen LogP contribution in [0.25, 0.3) is 126 Å². The first kappa shape index (κ1) is 34.4. The molecule has 0 saturated carbocycles. The summed E-state index contributed by atoms with van der Waals surface area (Å²) in [5.74, 6) is 0. The lowest BCUT2D eigenvalue weighted by Gasteiger charge is -2.18. The van der Waals surface area contributed by atoms with E-state index in [9.17, 15) is 0 Å². The molecule has 0 unspecified atom stereocenters. The predicted molar refractivity (Wildman–Crippen MR) is 263 cm³/mol. The van der Waals surface area contributed by atoms with E-state index in [1.807, 2.05) is 11.3 Å². The Balaban J connectivity index is 1.04. The van der Waals surface area contributed by atoms with Gasteiger partial charge in [-0.25, -0.2) is 0 Å². The van der Waals surface area contributed by atoms with Gasteiger partial charge >= 0.3 is 0 Å². The Morgan fingerprint density at radius 3 is 1.54 bits per heavy atom. The minimum absolute atomic E-state index is 0.888. The van der Waals surface area contributed by atoms with Crippen molar-refractivity contribution in [2.75, 3.05) is 0 Å². The van der Waals surface area contributed by atoms with Crippen LogP contribution < -0.4 is 0 Å². The summed E-state index contributed by atoms with van der Waals surface area (Å²) < 4.78 is 8.25. The molecule has 2 aromatic heterocycles. The lowest BCUT2D eigenvalue weighted by atomic mass is 9.84. The highest BCUT2D eigenvalue weighted by Gasteiger charge is 2.23. The maximum atomic E-state index is 6.90. The number of hydrogen-bond acceptors (Lipinski definition) is 2. The van der Waals surface area contributed by atoms with E-state index in [4.69, 9.17) is 4.42 Å². The molecule has 1 nitrogen and oxygen atoms in total. The molecule has 0 N–H and O–H groups in total. The summed E-state index contributed by atoms with van der Waals surface area (Å²) in [5.41, 5.74) is 13.1. The molecular weight excluding hydrogens is 757 g/mol. The van der Waals surface area contributed by atoms with Crippen molar-refractivity contribution in [3.8, 4) is 44.5 Å². The molecule has 0 saturated heterocycles.